The first-order chi connectivity index (χ1) is 8.63. The highest BCUT2D eigenvalue weighted by Crippen LogP contribution is 2.25. The van der Waals surface area contributed by atoms with E-state index in [0.717, 1.165) is 24.9 Å². The van der Waals surface area contributed by atoms with Crippen LogP contribution >= 0.6 is 0 Å². The van der Waals surface area contributed by atoms with Crippen LogP contribution in [0.1, 0.15) is 31.4 Å². The number of benzene rings is 1. The predicted molar refractivity (Wildman–Crippen MR) is 68.6 cm³/mol. The van der Waals surface area contributed by atoms with Crippen LogP contribution in [0, 0.1) is 5.82 Å². The Balaban J connectivity index is 2.17. The molecule has 2 atom stereocenters. The van der Waals surface area contributed by atoms with Gasteiger partial charge in [-0.05, 0) is 44.5 Å². The third-order valence-electron chi connectivity index (χ3n) is 3.62. The Morgan fingerprint density at radius 2 is 2.28 bits per heavy atom. The van der Waals surface area contributed by atoms with Crippen molar-refractivity contribution >= 4 is 5.91 Å². The van der Waals surface area contributed by atoms with Crippen molar-refractivity contribution in [1.29, 1.82) is 0 Å². The third kappa shape index (κ3) is 2.53. The average Bonchev–Trinajstić information content (AvgIpc) is 2.38. The number of halogens is 1. The lowest BCUT2D eigenvalue weighted by atomic mass is 10.00. The summed E-state index contributed by atoms with van der Waals surface area (Å²) in [6.45, 7) is 2.69. The van der Waals surface area contributed by atoms with Crippen LogP contribution in [0.5, 0.6) is 0 Å². The molecule has 18 heavy (non-hydrogen) atoms. The zero-order chi connectivity index (χ0) is 13.1. The molecule has 1 aliphatic heterocycles. The molecule has 1 aliphatic rings. The van der Waals surface area contributed by atoms with Crippen LogP contribution in [0.3, 0.4) is 0 Å². The number of nitrogens with zero attached hydrogens (tertiary/aromatic N) is 1. The van der Waals surface area contributed by atoms with E-state index < -0.39 is 0 Å². The summed E-state index contributed by atoms with van der Waals surface area (Å²) in [4.78, 5) is 14.1. The quantitative estimate of drug-likeness (QED) is 0.891. The minimum Gasteiger partial charge on any atom is -0.335 e. The molecule has 1 amide bonds. The van der Waals surface area contributed by atoms with Gasteiger partial charge in [0.2, 0.25) is 5.91 Å². The molecule has 2 rings (SSSR count). The van der Waals surface area contributed by atoms with E-state index in [0.29, 0.717) is 0 Å². The molecule has 2 unspecified atom stereocenters. The molecule has 4 heteroatoms. The van der Waals surface area contributed by atoms with Crippen molar-refractivity contribution in [2.24, 2.45) is 0 Å². The van der Waals surface area contributed by atoms with Gasteiger partial charge < -0.3 is 10.2 Å². The molecule has 0 aliphatic carbocycles. The summed E-state index contributed by atoms with van der Waals surface area (Å²) in [6.07, 6.45) is 1.86. The number of hydrogen-bond donors (Lipinski definition) is 1. The maximum Gasteiger partial charge on any atom is 0.240 e. The van der Waals surface area contributed by atoms with Crippen LogP contribution in [0.2, 0.25) is 0 Å². The Kier molecular flexibility index (Phi) is 3.97. The standard InChI is InChI=1S/C14H19FN2O/c1-10(11-5-3-6-12(15)9-11)17-8-4-7-13(16-2)14(17)18/h3,5-6,9-10,13,16H,4,7-8H2,1-2H3. The summed E-state index contributed by atoms with van der Waals surface area (Å²) in [5, 5.41) is 3.04. The fourth-order valence-electron chi connectivity index (χ4n) is 2.50. The molecule has 0 saturated carbocycles. The zero-order valence-electron chi connectivity index (χ0n) is 10.8. The van der Waals surface area contributed by atoms with Gasteiger partial charge in [0.05, 0.1) is 12.1 Å². The van der Waals surface area contributed by atoms with Crippen LogP contribution in [0.4, 0.5) is 4.39 Å². The van der Waals surface area contributed by atoms with Gasteiger partial charge >= 0.3 is 0 Å². The molecule has 1 heterocycles. The summed E-state index contributed by atoms with van der Waals surface area (Å²) in [6, 6.07) is 6.29. The highest BCUT2D eigenvalue weighted by Gasteiger charge is 2.30. The molecular formula is C14H19FN2O. The fraction of sp³-hybridized carbons (Fsp3) is 0.500. The summed E-state index contributed by atoms with van der Waals surface area (Å²) < 4.78 is 13.2. The van der Waals surface area contributed by atoms with Crippen molar-refractivity contribution in [2.45, 2.75) is 31.8 Å². The van der Waals surface area contributed by atoms with E-state index >= 15 is 0 Å². The van der Waals surface area contributed by atoms with Gasteiger partial charge in [0, 0.05) is 6.54 Å². The van der Waals surface area contributed by atoms with E-state index in [1.54, 1.807) is 13.1 Å². The van der Waals surface area contributed by atoms with Crippen LogP contribution in [0.25, 0.3) is 0 Å². The molecule has 0 bridgehead atoms. The van der Waals surface area contributed by atoms with E-state index in [2.05, 4.69) is 5.32 Å². The number of hydrogen-bond acceptors (Lipinski definition) is 2. The van der Waals surface area contributed by atoms with E-state index in [9.17, 15) is 9.18 Å². The Morgan fingerprint density at radius 1 is 1.50 bits per heavy atom. The minimum atomic E-state index is -0.256. The van der Waals surface area contributed by atoms with Crippen molar-refractivity contribution in [3.63, 3.8) is 0 Å². The predicted octanol–water partition coefficient (Wildman–Crippen LogP) is 2.10. The smallest absolute Gasteiger partial charge is 0.240 e. The molecule has 0 radical (unpaired) electrons. The molecule has 1 aromatic carbocycles. The first kappa shape index (κ1) is 13.0. The van der Waals surface area contributed by atoms with Crippen molar-refractivity contribution in [3.8, 4) is 0 Å². The lowest BCUT2D eigenvalue weighted by molar-refractivity contribution is -0.138. The second-order valence-corrected chi connectivity index (χ2v) is 4.75. The molecule has 98 valence electrons. The van der Waals surface area contributed by atoms with Gasteiger partial charge in [-0.15, -0.1) is 0 Å². The zero-order valence-corrected chi connectivity index (χ0v) is 10.8. The normalized spacial score (nSPS) is 22.1. The maximum atomic E-state index is 13.2. The van der Waals surface area contributed by atoms with Crippen molar-refractivity contribution in [2.75, 3.05) is 13.6 Å². The van der Waals surface area contributed by atoms with E-state index in [4.69, 9.17) is 0 Å². The number of carbonyl (C=O) groups is 1. The Morgan fingerprint density at radius 3 is 2.94 bits per heavy atom. The second kappa shape index (κ2) is 5.48. The summed E-state index contributed by atoms with van der Waals surface area (Å²) >= 11 is 0. The van der Waals surface area contributed by atoms with Gasteiger partial charge in [-0.3, -0.25) is 4.79 Å². The SMILES string of the molecule is CNC1CCCN(C(C)c2cccc(F)c2)C1=O. The van der Waals surface area contributed by atoms with Gasteiger partial charge in [-0.25, -0.2) is 4.39 Å². The van der Waals surface area contributed by atoms with Crippen LogP contribution < -0.4 is 5.32 Å². The van der Waals surface area contributed by atoms with Crippen LogP contribution in [-0.4, -0.2) is 30.4 Å². The van der Waals surface area contributed by atoms with Gasteiger partial charge in [0.15, 0.2) is 0 Å². The van der Waals surface area contributed by atoms with E-state index in [1.807, 2.05) is 17.9 Å². The number of likely N-dealkylation sites (N-methyl/N-ethyl adjacent to an activating group) is 1. The second-order valence-electron chi connectivity index (χ2n) is 4.75. The molecule has 1 fully saturated rings. The van der Waals surface area contributed by atoms with Crippen LogP contribution in [0.15, 0.2) is 24.3 Å². The largest absolute Gasteiger partial charge is 0.335 e. The summed E-state index contributed by atoms with van der Waals surface area (Å²) in [7, 11) is 1.80. The number of amides is 1. The molecule has 1 N–H and O–H groups in total. The molecule has 0 spiro atoms. The summed E-state index contributed by atoms with van der Waals surface area (Å²) in [5.74, 6) is -0.144. The third-order valence-corrected chi connectivity index (χ3v) is 3.62. The Labute approximate surface area is 107 Å². The lowest BCUT2D eigenvalue weighted by Crippen LogP contribution is -2.50. The molecule has 1 saturated heterocycles. The van der Waals surface area contributed by atoms with Crippen LogP contribution in [-0.2, 0) is 4.79 Å². The van der Waals surface area contributed by atoms with Gasteiger partial charge in [-0.2, -0.15) is 0 Å². The average molecular weight is 250 g/mol. The van der Waals surface area contributed by atoms with Gasteiger partial charge in [-0.1, -0.05) is 12.1 Å². The molecular weight excluding hydrogens is 231 g/mol. The highest BCUT2D eigenvalue weighted by molar-refractivity contribution is 5.83. The van der Waals surface area contributed by atoms with Crippen molar-refractivity contribution < 1.29 is 9.18 Å². The number of nitrogens with one attached hydrogen (secondary N) is 1. The van der Waals surface area contributed by atoms with Gasteiger partial charge in [0.1, 0.15) is 5.82 Å². The molecule has 1 aromatic rings. The Hall–Kier alpha value is -1.42. The highest BCUT2D eigenvalue weighted by atomic mass is 19.1. The summed E-state index contributed by atoms with van der Waals surface area (Å²) in [5.41, 5.74) is 0.847. The number of rotatable bonds is 3. The van der Waals surface area contributed by atoms with E-state index in [1.165, 1.54) is 12.1 Å². The molecule has 3 nitrogen and oxygen atoms in total. The van der Waals surface area contributed by atoms with Crippen molar-refractivity contribution in [1.82, 2.24) is 10.2 Å². The van der Waals surface area contributed by atoms with Gasteiger partial charge in [0.25, 0.3) is 0 Å². The topological polar surface area (TPSA) is 32.3 Å². The lowest BCUT2D eigenvalue weighted by Gasteiger charge is -2.36. The first-order valence-electron chi connectivity index (χ1n) is 6.36. The Bertz CT molecular complexity index is 436. The van der Waals surface area contributed by atoms with E-state index in [-0.39, 0.29) is 23.8 Å². The maximum absolute atomic E-state index is 13.2. The number of carbonyl (C=O) groups excluding carboxylic acids is 1. The minimum absolute atomic E-state index is 0.0793. The molecule has 0 aromatic heterocycles. The fourth-order valence-corrected chi connectivity index (χ4v) is 2.50. The number of likely N-dealkylation sites (tertiary alicyclic amines) is 1. The van der Waals surface area contributed by atoms with Crippen molar-refractivity contribution in [3.05, 3.63) is 35.6 Å². The number of piperidine rings is 1. The first-order valence-corrected chi connectivity index (χ1v) is 6.36. The monoisotopic (exact) mass is 250 g/mol.